The Labute approximate surface area is 120 Å². The van der Waals surface area contributed by atoms with Crippen LogP contribution in [0.3, 0.4) is 0 Å². The zero-order valence-electron chi connectivity index (χ0n) is 12.0. The Morgan fingerprint density at radius 1 is 1.15 bits per heavy atom. The fraction of sp³-hybridized carbons (Fsp3) is 0.353. The summed E-state index contributed by atoms with van der Waals surface area (Å²) in [6, 6.07) is 13.0. The maximum atomic E-state index is 4.54. The third-order valence-electron chi connectivity index (χ3n) is 3.90. The van der Waals surface area contributed by atoms with Gasteiger partial charge in [0.2, 0.25) is 0 Å². The zero-order valence-corrected chi connectivity index (χ0v) is 12.0. The average molecular weight is 267 g/mol. The number of nitrogens with zero attached hydrogens (tertiary/aromatic N) is 2. The number of benzene rings is 1. The number of anilines is 1. The molecule has 20 heavy (non-hydrogen) atoms. The first kappa shape index (κ1) is 13.1. The highest BCUT2D eigenvalue weighted by Crippen LogP contribution is 2.26. The standard InChI is InChI=1S/C17H21N3/c1-2-14-5-3-4-6-16(14)15-7-8-19-17(13-15)20-11-9-18-10-12-20/h3-8,13,18H,2,9-12H2,1H3. The first-order valence-corrected chi connectivity index (χ1v) is 7.38. The Hall–Kier alpha value is -1.87. The molecule has 2 heterocycles. The van der Waals surface area contributed by atoms with Crippen LogP contribution in [-0.4, -0.2) is 31.2 Å². The molecule has 1 saturated heterocycles. The van der Waals surface area contributed by atoms with Gasteiger partial charge in [-0.3, -0.25) is 0 Å². The molecule has 1 N–H and O–H groups in total. The minimum Gasteiger partial charge on any atom is -0.354 e. The molecule has 1 aliphatic rings. The quantitative estimate of drug-likeness (QED) is 0.927. The van der Waals surface area contributed by atoms with Gasteiger partial charge >= 0.3 is 0 Å². The maximum absolute atomic E-state index is 4.54. The molecule has 3 heteroatoms. The molecule has 1 aromatic carbocycles. The van der Waals surface area contributed by atoms with Crippen LogP contribution in [0.15, 0.2) is 42.6 Å². The van der Waals surface area contributed by atoms with Gasteiger partial charge in [0.1, 0.15) is 5.82 Å². The van der Waals surface area contributed by atoms with Gasteiger partial charge in [-0.2, -0.15) is 0 Å². The largest absolute Gasteiger partial charge is 0.354 e. The van der Waals surface area contributed by atoms with Crippen LogP contribution in [0.4, 0.5) is 5.82 Å². The fourth-order valence-electron chi connectivity index (χ4n) is 2.76. The fourth-order valence-corrected chi connectivity index (χ4v) is 2.76. The van der Waals surface area contributed by atoms with Gasteiger partial charge in [-0.1, -0.05) is 31.2 Å². The Morgan fingerprint density at radius 2 is 1.95 bits per heavy atom. The molecule has 0 bridgehead atoms. The molecule has 104 valence electrons. The van der Waals surface area contributed by atoms with Crippen molar-refractivity contribution < 1.29 is 0 Å². The molecular weight excluding hydrogens is 246 g/mol. The van der Waals surface area contributed by atoms with Crippen molar-refractivity contribution in [3.63, 3.8) is 0 Å². The second-order valence-electron chi connectivity index (χ2n) is 5.15. The van der Waals surface area contributed by atoms with Crippen molar-refractivity contribution in [2.24, 2.45) is 0 Å². The van der Waals surface area contributed by atoms with Crippen molar-refractivity contribution in [3.8, 4) is 11.1 Å². The van der Waals surface area contributed by atoms with Crippen molar-refractivity contribution in [1.82, 2.24) is 10.3 Å². The van der Waals surface area contributed by atoms with Gasteiger partial charge in [-0.15, -0.1) is 0 Å². The number of rotatable bonds is 3. The maximum Gasteiger partial charge on any atom is 0.129 e. The monoisotopic (exact) mass is 267 g/mol. The van der Waals surface area contributed by atoms with E-state index in [0.717, 1.165) is 38.4 Å². The predicted molar refractivity (Wildman–Crippen MR) is 84.1 cm³/mol. The minimum atomic E-state index is 1.03. The molecule has 3 rings (SSSR count). The topological polar surface area (TPSA) is 28.2 Å². The van der Waals surface area contributed by atoms with Crippen LogP contribution in [0, 0.1) is 0 Å². The second kappa shape index (κ2) is 6.06. The SMILES string of the molecule is CCc1ccccc1-c1ccnc(N2CCNCC2)c1. The second-order valence-corrected chi connectivity index (χ2v) is 5.15. The number of aromatic nitrogens is 1. The lowest BCUT2D eigenvalue weighted by Gasteiger charge is -2.28. The summed E-state index contributed by atoms with van der Waals surface area (Å²) in [7, 11) is 0. The highest BCUT2D eigenvalue weighted by atomic mass is 15.2. The van der Waals surface area contributed by atoms with Crippen LogP contribution in [0.1, 0.15) is 12.5 Å². The number of hydrogen-bond donors (Lipinski definition) is 1. The number of piperazine rings is 1. The predicted octanol–water partition coefficient (Wildman–Crippen LogP) is 2.72. The first-order valence-electron chi connectivity index (χ1n) is 7.38. The molecular formula is C17H21N3. The van der Waals surface area contributed by atoms with E-state index in [1.165, 1.54) is 16.7 Å². The number of hydrogen-bond acceptors (Lipinski definition) is 3. The Bertz CT molecular complexity index is 574. The molecule has 2 aromatic rings. The first-order chi connectivity index (χ1) is 9.88. The van der Waals surface area contributed by atoms with Crippen molar-refractivity contribution in [3.05, 3.63) is 48.2 Å². The molecule has 1 aromatic heterocycles. The van der Waals surface area contributed by atoms with Gasteiger partial charge in [-0.05, 0) is 35.2 Å². The van der Waals surface area contributed by atoms with Crippen LogP contribution in [0.25, 0.3) is 11.1 Å². The summed E-state index contributed by atoms with van der Waals surface area (Å²) >= 11 is 0. The van der Waals surface area contributed by atoms with Crippen LogP contribution >= 0.6 is 0 Å². The molecule has 0 spiro atoms. The summed E-state index contributed by atoms with van der Waals surface area (Å²) in [5, 5.41) is 3.38. The van der Waals surface area contributed by atoms with E-state index in [0.29, 0.717) is 0 Å². The van der Waals surface area contributed by atoms with E-state index in [9.17, 15) is 0 Å². The molecule has 0 radical (unpaired) electrons. The van der Waals surface area contributed by atoms with Crippen molar-refractivity contribution >= 4 is 5.82 Å². The van der Waals surface area contributed by atoms with E-state index >= 15 is 0 Å². The lowest BCUT2D eigenvalue weighted by molar-refractivity contribution is 0.585. The van der Waals surface area contributed by atoms with E-state index in [-0.39, 0.29) is 0 Å². The van der Waals surface area contributed by atoms with Crippen molar-refractivity contribution in [2.75, 3.05) is 31.1 Å². The third kappa shape index (κ3) is 2.68. The van der Waals surface area contributed by atoms with Crippen LogP contribution in [0.5, 0.6) is 0 Å². The summed E-state index contributed by atoms with van der Waals surface area (Å²) < 4.78 is 0. The molecule has 1 aliphatic heterocycles. The minimum absolute atomic E-state index is 1.03. The normalized spacial score (nSPS) is 15.3. The molecule has 0 saturated carbocycles. The Morgan fingerprint density at radius 3 is 2.75 bits per heavy atom. The molecule has 3 nitrogen and oxygen atoms in total. The van der Waals surface area contributed by atoms with Crippen molar-refractivity contribution in [2.45, 2.75) is 13.3 Å². The zero-order chi connectivity index (χ0) is 13.8. The molecule has 0 atom stereocenters. The Balaban J connectivity index is 1.94. The summed E-state index contributed by atoms with van der Waals surface area (Å²) in [6.45, 7) is 6.35. The smallest absolute Gasteiger partial charge is 0.129 e. The third-order valence-corrected chi connectivity index (χ3v) is 3.90. The lowest BCUT2D eigenvalue weighted by Crippen LogP contribution is -2.43. The lowest BCUT2D eigenvalue weighted by atomic mass is 9.99. The molecule has 1 fully saturated rings. The molecule has 0 aliphatic carbocycles. The van der Waals surface area contributed by atoms with Gasteiger partial charge < -0.3 is 10.2 Å². The van der Waals surface area contributed by atoms with Gasteiger partial charge in [0.15, 0.2) is 0 Å². The van der Waals surface area contributed by atoms with E-state index in [1.807, 2.05) is 6.20 Å². The summed E-state index contributed by atoms with van der Waals surface area (Å²) in [4.78, 5) is 6.90. The van der Waals surface area contributed by atoms with Crippen LogP contribution < -0.4 is 10.2 Å². The molecule has 0 amide bonds. The van der Waals surface area contributed by atoms with E-state index < -0.39 is 0 Å². The van der Waals surface area contributed by atoms with Crippen LogP contribution in [0.2, 0.25) is 0 Å². The summed E-state index contributed by atoms with van der Waals surface area (Å²) in [5.74, 6) is 1.09. The van der Waals surface area contributed by atoms with Gasteiger partial charge in [0.05, 0.1) is 0 Å². The number of nitrogens with one attached hydrogen (secondary N) is 1. The van der Waals surface area contributed by atoms with E-state index in [1.54, 1.807) is 0 Å². The number of aryl methyl sites for hydroxylation is 1. The van der Waals surface area contributed by atoms with Crippen molar-refractivity contribution in [1.29, 1.82) is 0 Å². The van der Waals surface area contributed by atoms with Gasteiger partial charge in [0.25, 0.3) is 0 Å². The van der Waals surface area contributed by atoms with E-state index in [2.05, 4.69) is 58.5 Å². The molecule has 0 unspecified atom stereocenters. The highest BCUT2D eigenvalue weighted by Gasteiger charge is 2.12. The highest BCUT2D eigenvalue weighted by molar-refractivity contribution is 5.69. The average Bonchev–Trinajstić information content (AvgIpc) is 2.56. The van der Waals surface area contributed by atoms with Crippen LogP contribution in [-0.2, 0) is 6.42 Å². The Kier molecular flexibility index (Phi) is 3.97. The van der Waals surface area contributed by atoms with Gasteiger partial charge in [0, 0.05) is 32.4 Å². The van der Waals surface area contributed by atoms with E-state index in [4.69, 9.17) is 0 Å². The summed E-state index contributed by atoms with van der Waals surface area (Å²) in [6.07, 6.45) is 2.99. The number of pyridine rings is 1. The van der Waals surface area contributed by atoms with Gasteiger partial charge in [-0.25, -0.2) is 4.98 Å². The summed E-state index contributed by atoms with van der Waals surface area (Å²) in [5.41, 5.74) is 3.99.